The Bertz CT molecular complexity index is 2050. The first-order valence-electron chi connectivity index (χ1n) is 19.5. The van der Waals surface area contributed by atoms with Crippen LogP contribution in [0.2, 0.25) is 0 Å². The first-order chi connectivity index (χ1) is 28.6. The van der Waals surface area contributed by atoms with E-state index in [2.05, 4.69) is 0 Å². The third kappa shape index (κ3) is 10.5. The van der Waals surface area contributed by atoms with Gasteiger partial charge in [-0.2, -0.15) is 26.3 Å². The monoisotopic (exact) mass is 912 g/mol. The molecule has 3 aromatic carbocycles. The second kappa shape index (κ2) is 19.9. The van der Waals surface area contributed by atoms with Gasteiger partial charge in [-0.25, -0.2) is 43.9 Å². The molecule has 0 heterocycles. The highest BCUT2D eigenvalue weighted by atomic mass is 19.4. The van der Waals surface area contributed by atoms with E-state index in [1.807, 2.05) is 0 Å². The van der Waals surface area contributed by atoms with Crippen LogP contribution in [0.5, 0.6) is 0 Å². The Hall–Kier alpha value is -4.52. The standard InChI is InChI=1S/C42H44F16N2O2/c1-7-11-17-39(5,16-9-3)20-23(59(37(61)41(53,54)55)34-30(49)26(45)24(43)27(46)31(34)50)21-14-13-15-22(19-21)36(40(6,10-4)18-12-8-2)60(38(62)42(56,57)58)35-32(51)28(47)25(44)29(48)33(35)52/h13-15,19,23,36H,7-12,16-18,20H2,1-6H3. The fourth-order valence-electron chi connectivity index (χ4n) is 7.88. The molecule has 0 aliphatic carbocycles. The van der Waals surface area contributed by atoms with E-state index in [4.69, 9.17) is 0 Å². The Morgan fingerprint density at radius 3 is 1.32 bits per heavy atom. The Balaban J connectivity index is 2.69. The van der Waals surface area contributed by atoms with Crippen LogP contribution in [-0.2, 0) is 9.59 Å². The molecule has 0 spiro atoms. The predicted molar refractivity (Wildman–Crippen MR) is 197 cm³/mol. The Morgan fingerprint density at radius 1 is 0.532 bits per heavy atom. The number of hydrogen-bond donors (Lipinski definition) is 0. The number of hydrogen-bond acceptors (Lipinski definition) is 2. The molecule has 4 unspecified atom stereocenters. The molecule has 0 saturated heterocycles. The van der Waals surface area contributed by atoms with Gasteiger partial charge in [0.1, 0.15) is 11.4 Å². The number of rotatable bonds is 18. The lowest BCUT2D eigenvalue weighted by Gasteiger charge is -2.45. The number of halogens is 16. The van der Waals surface area contributed by atoms with Gasteiger partial charge in [-0.15, -0.1) is 0 Å². The highest BCUT2D eigenvalue weighted by Crippen LogP contribution is 2.51. The van der Waals surface area contributed by atoms with Crippen molar-refractivity contribution in [2.24, 2.45) is 10.8 Å². The van der Waals surface area contributed by atoms with Gasteiger partial charge in [-0.05, 0) is 54.1 Å². The smallest absolute Gasteiger partial charge is 0.292 e. The summed E-state index contributed by atoms with van der Waals surface area (Å²) in [5.74, 6) is -34.4. The fraction of sp³-hybridized carbons (Fsp3) is 0.524. The van der Waals surface area contributed by atoms with E-state index in [1.54, 1.807) is 20.8 Å². The van der Waals surface area contributed by atoms with Crippen LogP contribution in [0.4, 0.5) is 81.6 Å². The van der Waals surface area contributed by atoms with Gasteiger partial charge in [-0.3, -0.25) is 19.4 Å². The van der Waals surface area contributed by atoms with Crippen molar-refractivity contribution in [1.29, 1.82) is 0 Å². The van der Waals surface area contributed by atoms with Gasteiger partial charge in [0.05, 0.1) is 12.1 Å². The molecule has 4 nitrogen and oxygen atoms in total. The van der Waals surface area contributed by atoms with Gasteiger partial charge in [-0.1, -0.05) is 97.9 Å². The molecule has 0 aliphatic rings. The molecule has 3 aromatic rings. The number of unbranched alkanes of at least 4 members (excludes halogenated alkanes) is 2. The molecule has 0 N–H and O–H groups in total. The lowest BCUT2D eigenvalue weighted by atomic mass is 9.71. The normalized spacial score (nSPS) is 15.2. The maximum Gasteiger partial charge on any atom is 0.471 e. The number of nitrogens with zero attached hydrogens (tertiary/aromatic N) is 2. The van der Waals surface area contributed by atoms with Gasteiger partial charge >= 0.3 is 24.2 Å². The third-order valence-electron chi connectivity index (χ3n) is 11.2. The second-order valence-corrected chi connectivity index (χ2v) is 15.8. The molecular formula is C42H44F16N2O2. The van der Waals surface area contributed by atoms with Crippen LogP contribution in [-0.4, -0.2) is 24.2 Å². The number of alkyl halides is 6. The first-order valence-corrected chi connectivity index (χ1v) is 19.5. The van der Waals surface area contributed by atoms with Crippen molar-refractivity contribution in [3.05, 3.63) is 93.6 Å². The molecule has 2 amide bonds. The summed E-state index contributed by atoms with van der Waals surface area (Å²) in [6.07, 6.45) is -11.8. The molecule has 0 saturated carbocycles. The molecule has 0 bridgehead atoms. The molecule has 346 valence electrons. The molecule has 20 heteroatoms. The van der Waals surface area contributed by atoms with Crippen LogP contribution in [0.3, 0.4) is 0 Å². The Labute approximate surface area is 347 Å². The summed E-state index contributed by atoms with van der Waals surface area (Å²) < 4.78 is 238. The van der Waals surface area contributed by atoms with E-state index in [0.29, 0.717) is 18.9 Å². The summed E-state index contributed by atoms with van der Waals surface area (Å²) >= 11 is 0. The van der Waals surface area contributed by atoms with Gasteiger partial charge in [0, 0.05) is 0 Å². The van der Waals surface area contributed by atoms with Crippen molar-refractivity contribution in [3.8, 4) is 0 Å². The number of carbonyl (C=O) groups is 2. The van der Waals surface area contributed by atoms with Crippen LogP contribution < -0.4 is 9.80 Å². The van der Waals surface area contributed by atoms with Crippen molar-refractivity contribution >= 4 is 23.2 Å². The number of anilines is 2. The molecule has 0 radical (unpaired) electrons. The largest absolute Gasteiger partial charge is 0.471 e. The molecule has 0 aromatic heterocycles. The van der Waals surface area contributed by atoms with Crippen molar-refractivity contribution in [1.82, 2.24) is 0 Å². The van der Waals surface area contributed by atoms with Crippen LogP contribution in [0.25, 0.3) is 0 Å². The summed E-state index contributed by atoms with van der Waals surface area (Å²) in [6.45, 7) is 8.99. The summed E-state index contributed by atoms with van der Waals surface area (Å²) in [6, 6.07) is -1.53. The first kappa shape index (κ1) is 51.8. The maximum absolute atomic E-state index is 15.7. The van der Waals surface area contributed by atoms with Gasteiger partial charge in [0.2, 0.25) is 11.6 Å². The van der Waals surface area contributed by atoms with Crippen molar-refractivity contribution in [2.45, 2.75) is 130 Å². The summed E-state index contributed by atoms with van der Waals surface area (Å²) in [5, 5.41) is 0. The van der Waals surface area contributed by atoms with Crippen molar-refractivity contribution in [3.63, 3.8) is 0 Å². The lowest BCUT2D eigenvalue weighted by Crippen LogP contribution is -2.50. The lowest BCUT2D eigenvalue weighted by molar-refractivity contribution is -0.171. The van der Waals surface area contributed by atoms with Crippen molar-refractivity contribution in [2.75, 3.05) is 9.80 Å². The molecule has 3 rings (SSSR count). The minimum atomic E-state index is -6.11. The van der Waals surface area contributed by atoms with Gasteiger partial charge in [0.15, 0.2) is 46.5 Å². The quantitative estimate of drug-likeness (QED) is 0.0725. The molecule has 0 aliphatic heterocycles. The number of benzene rings is 3. The van der Waals surface area contributed by atoms with Gasteiger partial charge in [0.25, 0.3) is 0 Å². The van der Waals surface area contributed by atoms with E-state index in [0.717, 1.165) is 18.2 Å². The summed E-state index contributed by atoms with van der Waals surface area (Å²) in [4.78, 5) is 25.4. The van der Waals surface area contributed by atoms with Crippen molar-refractivity contribution < 1.29 is 79.8 Å². The van der Waals surface area contributed by atoms with E-state index in [9.17, 15) is 62.3 Å². The molecular weight excluding hydrogens is 868 g/mol. The minimum absolute atomic E-state index is 0.0925. The fourth-order valence-corrected chi connectivity index (χ4v) is 7.88. The SMILES string of the molecule is CCCCC(C)(CCC)CC(c1cccc(C(N(C(=O)C(F)(F)F)c2c(F)c(F)c(F)c(F)c2F)C(C)(CC)CCCC)c1)N(C(=O)C(F)(F)F)c1c(F)c(F)c(F)c(F)c1F. The highest BCUT2D eigenvalue weighted by molar-refractivity contribution is 5.99. The average Bonchev–Trinajstić information content (AvgIpc) is 3.21. The van der Waals surface area contributed by atoms with Crippen LogP contribution in [0, 0.1) is 69.0 Å². The second-order valence-electron chi connectivity index (χ2n) is 15.8. The van der Waals surface area contributed by atoms with Gasteiger partial charge < -0.3 is 0 Å². The third-order valence-corrected chi connectivity index (χ3v) is 11.2. The van der Waals surface area contributed by atoms with E-state index >= 15 is 17.6 Å². The van der Waals surface area contributed by atoms with E-state index < -0.39 is 144 Å². The van der Waals surface area contributed by atoms with Crippen LogP contribution in [0.1, 0.15) is 129 Å². The molecule has 62 heavy (non-hydrogen) atoms. The zero-order valence-electron chi connectivity index (χ0n) is 34.3. The molecule has 0 fully saturated rings. The molecule has 4 atom stereocenters. The van der Waals surface area contributed by atoms with E-state index in [-0.39, 0.29) is 44.9 Å². The zero-order valence-corrected chi connectivity index (χ0v) is 34.3. The summed E-state index contributed by atoms with van der Waals surface area (Å²) in [5.41, 5.74) is -9.17. The predicted octanol–water partition coefficient (Wildman–Crippen LogP) is 14.3. The maximum atomic E-state index is 15.7. The van der Waals surface area contributed by atoms with Crippen LogP contribution in [0.15, 0.2) is 24.3 Å². The highest BCUT2D eigenvalue weighted by Gasteiger charge is 2.53. The number of carbonyl (C=O) groups excluding carboxylic acids is 2. The Morgan fingerprint density at radius 2 is 0.919 bits per heavy atom. The average molecular weight is 913 g/mol. The minimum Gasteiger partial charge on any atom is -0.292 e. The Kier molecular flexibility index (Phi) is 16.6. The topological polar surface area (TPSA) is 40.6 Å². The summed E-state index contributed by atoms with van der Waals surface area (Å²) in [7, 11) is 0. The number of amides is 2. The van der Waals surface area contributed by atoms with E-state index in [1.165, 1.54) is 20.8 Å². The zero-order chi connectivity index (χ0) is 47.4. The van der Waals surface area contributed by atoms with Crippen LogP contribution >= 0.6 is 0 Å².